The molecule has 0 atom stereocenters. The number of alkyl halides is 1. The molecule has 0 spiro atoms. The molecule has 0 heterocycles. The Balaban J connectivity index is 2.17. The van der Waals surface area contributed by atoms with Gasteiger partial charge in [0.15, 0.2) is 0 Å². The van der Waals surface area contributed by atoms with E-state index >= 15 is 0 Å². The number of hydrogen-bond donors (Lipinski definition) is 2. The van der Waals surface area contributed by atoms with Crippen molar-refractivity contribution in [3.05, 3.63) is 29.8 Å². The third-order valence-corrected chi connectivity index (χ3v) is 3.47. The van der Waals surface area contributed by atoms with Crippen molar-refractivity contribution in [1.82, 2.24) is 0 Å². The van der Waals surface area contributed by atoms with Crippen LogP contribution in [0.15, 0.2) is 24.3 Å². The maximum absolute atomic E-state index is 10.8. The molecule has 5 heteroatoms. The van der Waals surface area contributed by atoms with Crippen molar-refractivity contribution in [2.45, 2.75) is 32.1 Å². The lowest BCUT2D eigenvalue weighted by molar-refractivity contribution is 0.135. The Morgan fingerprint density at radius 2 is 2.05 bits per heavy atom. The predicted octanol–water partition coefficient (Wildman–Crippen LogP) is 3.89. The molecule has 4 nitrogen and oxygen atoms in total. The molecule has 3 N–H and O–H groups in total. The number of hydrogen-bond acceptors (Lipinski definition) is 2. The van der Waals surface area contributed by atoms with E-state index in [4.69, 9.17) is 10.5 Å². The fraction of sp³-hybridized carbons (Fsp3) is 0.471. The van der Waals surface area contributed by atoms with Gasteiger partial charge in [0.05, 0.1) is 6.61 Å². The highest BCUT2D eigenvalue weighted by Gasteiger charge is 1.96. The summed E-state index contributed by atoms with van der Waals surface area (Å²) < 4.78 is 5.54. The van der Waals surface area contributed by atoms with Crippen LogP contribution in [0.4, 0.5) is 10.5 Å². The molecule has 0 aliphatic heterocycles. The Morgan fingerprint density at radius 1 is 1.23 bits per heavy atom. The number of unbranched alkanes of at least 4 members (excludes halogenated alkanes) is 3. The molecule has 1 aromatic rings. The van der Waals surface area contributed by atoms with Gasteiger partial charge in [0.2, 0.25) is 0 Å². The van der Waals surface area contributed by atoms with Crippen LogP contribution in [0.2, 0.25) is 0 Å². The molecule has 0 bridgehead atoms. The number of halogens is 1. The minimum Gasteiger partial charge on any atom is -0.380 e. The minimum absolute atomic E-state index is 0.574. The number of nitrogens with two attached hydrogens (primary N) is 1. The van der Waals surface area contributed by atoms with Crippen LogP contribution in [-0.4, -0.2) is 24.6 Å². The molecule has 0 aliphatic rings. The summed E-state index contributed by atoms with van der Waals surface area (Å²) in [6.07, 6.45) is 5.52. The van der Waals surface area contributed by atoms with E-state index < -0.39 is 6.03 Å². The van der Waals surface area contributed by atoms with E-state index in [9.17, 15) is 4.79 Å². The van der Waals surface area contributed by atoms with Crippen LogP contribution in [0.5, 0.6) is 0 Å². The van der Waals surface area contributed by atoms with Crippen LogP contribution < -0.4 is 11.1 Å². The van der Waals surface area contributed by atoms with Gasteiger partial charge < -0.3 is 15.8 Å². The van der Waals surface area contributed by atoms with E-state index in [1.807, 2.05) is 12.1 Å². The fourth-order valence-corrected chi connectivity index (χ4v) is 2.26. The van der Waals surface area contributed by atoms with Crippen molar-refractivity contribution in [2.24, 2.45) is 5.73 Å². The number of carbonyl (C=O) groups excluding carboxylic acids is 1. The molecule has 0 aromatic heterocycles. The maximum atomic E-state index is 10.8. The van der Waals surface area contributed by atoms with Crippen molar-refractivity contribution < 1.29 is 9.53 Å². The predicted molar refractivity (Wildman–Crippen MR) is 94.2 cm³/mol. The molecule has 0 saturated heterocycles. The second-order valence-electron chi connectivity index (χ2n) is 4.84. The Hall–Kier alpha value is -1.51. The van der Waals surface area contributed by atoms with Gasteiger partial charge in [0.1, 0.15) is 0 Å². The lowest BCUT2D eigenvalue weighted by Crippen LogP contribution is -2.19. The van der Waals surface area contributed by atoms with E-state index in [0.29, 0.717) is 18.7 Å². The SMILES string of the molecule is NC(=O)Nc1cccc(C#CCCOCCCCCCBr)c1. The van der Waals surface area contributed by atoms with Crippen molar-refractivity contribution in [2.75, 3.05) is 23.9 Å². The summed E-state index contributed by atoms with van der Waals surface area (Å²) in [6.45, 7) is 1.46. The van der Waals surface area contributed by atoms with E-state index in [-0.39, 0.29) is 0 Å². The molecular formula is C17H23BrN2O2. The monoisotopic (exact) mass is 366 g/mol. The average molecular weight is 367 g/mol. The second-order valence-corrected chi connectivity index (χ2v) is 5.63. The zero-order chi connectivity index (χ0) is 16.0. The summed E-state index contributed by atoms with van der Waals surface area (Å²) in [5, 5.41) is 3.61. The normalized spacial score (nSPS) is 9.86. The van der Waals surface area contributed by atoms with Crippen LogP contribution in [0.1, 0.15) is 37.7 Å². The number of rotatable bonds is 9. The van der Waals surface area contributed by atoms with E-state index in [2.05, 4.69) is 33.1 Å². The van der Waals surface area contributed by atoms with Gasteiger partial charge in [0.25, 0.3) is 0 Å². The van der Waals surface area contributed by atoms with Crippen molar-refractivity contribution in [3.8, 4) is 11.8 Å². The van der Waals surface area contributed by atoms with Gasteiger partial charge in [-0.2, -0.15) is 0 Å². The lowest BCUT2D eigenvalue weighted by atomic mass is 10.2. The molecule has 1 rings (SSSR count). The number of urea groups is 1. The first-order valence-corrected chi connectivity index (χ1v) is 8.63. The number of nitrogens with one attached hydrogen (secondary N) is 1. The Kier molecular flexibility index (Phi) is 10.2. The molecule has 0 saturated carbocycles. The minimum atomic E-state index is -0.574. The fourth-order valence-electron chi connectivity index (χ4n) is 1.86. The van der Waals surface area contributed by atoms with Gasteiger partial charge in [-0.05, 0) is 31.0 Å². The summed E-state index contributed by atoms with van der Waals surface area (Å²) in [5.74, 6) is 6.12. The molecule has 2 amide bonds. The summed E-state index contributed by atoms with van der Waals surface area (Å²) in [6, 6.07) is 6.72. The molecule has 1 aromatic carbocycles. The lowest BCUT2D eigenvalue weighted by Gasteiger charge is -2.02. The first kappa shape index (κ1) is 18.5. The van der Waals surface area contributed by atoms with Crippen LogP contribution >= 0.6 is 15.9 Å². The largest absolute Gasteiger partial charge is 0.380 e. The summed E-state index contributed by atoms with van der Waals surface area (Å²) in [7, 11) is 0. The van der Waals surface area contributed by atoms with Gasteiger partial charge in [-0.15, -0.1) is 0 Å². The van der Waals surface area contributed by atoms with Crippen LogP contribution in [-0.2, 0) is 4.74 Å². The van der Waals surface area contributed by atoms with Crippen LogP contribution in [0.25, 0.3) is 0 Å². The molecule has 0 fully saturated rings. The highest BCUT2D eigenvalue weighted by Crippen LogP contribution is 2.09. The van der Waals surface area contributed by atoms with Crippen LogP contribution in [0, 0.1) is 11.8 Å². The first-order chi connectivity index (χ1) is 10.7. The zero-order valence-corrected chi connectivity index (χ0v) is 14.3. The zero-order valence-electron chi connectivity index (χ0n) is 12.7. The number of benzene rings is 1. The molecule has 0 unspecified atom stereocenters. The van der Waals surface area contributed by atoms with Gasteiger partial charge in [-0.3, -0.25) is 0 Å². The third-order valence-electron chi connectivity index (χ3n) is 2.91. The topological polar surface area (TPSA) is 64.4 Å². The molecule has 0 aliphatic carbocycles. The second kappa shape index (κ2) is 12.1. The van der Waals surface area contributed by atoms with Crippen LogP contribution in [0.3, 0.4) is 0 Å². The number of amides is 2. The van der Waals surface area contributed by atoms with Gasteiger partial charge in [-0.1, -0.05) is 46.7 Å². The number of primary amides is 1. The van der Waals surface area contributed by atoms with E-state index in [1.165, 1.54) is 19.3 Å². The summed E-state index contributed by atoms with van der Waals surface area (Å²) in [4.78, 5) is 10.8. The van der Waals surface area contributed by atoms with Gasteiger partial charge >= 0.3 is 6.03 Å². The van der Waals surface area contributed by atoms with Crippen molar-refractivity contribution in [3.63, 3.8) is 0 Å². The molecular weight excluding hydrogens is 344 g/mol. The van der Waals surface area contributed by atoms with Gasteiger partial charge in [0, 0.05) is 29.6 Å². The Bertz CT molecular complexity index is 509. The van der Waals surface area contributed by atoms with E-state index in [1.54, 1.807) is 12.1 Å². The van der Waals surface area contributed by atoms with Gasteiger partial charge in [-0.25, -0.2) is 4.79 Å². The third kappa shape index (κ3) is 9.43. The number of anilines is 1. The summed E-state index contributed by atoms with van der Waals surface area (Å²) >= 11 is 3.42. The smallest absolute Gasteiger partial charge is 0.316 e. The molecule has 22 heavy (non-hydrogen) atoms. The highest BCUT2D eigenvalue weighted by molar-refractivity contribution is 9.09. The van der Waals surface area contributed by atoms with Crippen molar-refractivity contribution >= 4 is 27.6 Å². The first-order valence-electron chi connectivity index (χ1n) is 7.51. The highest BCUT2D eigenvalue weighted by atomic mass is 79.9. The average Bonchev–Trinajstić information content (AvgIpc) is 2.49. The maximum Gasteiger partial charge on any atom is 0.316 e. The summed E-state index contributed by atoms with van der Waals surface area (Å²) in [5.41, 5.74) is 6.58. The Morgan fingerprint density at radius 3 is 2.82 bits per heavy atom. The molecule has 120 valence electrons. The number of ether oxygens (including phenoxy) is 1. The Labute approximate surface area is 140 Å². The standard InChI is InChI=1S/C17H23BrN2O2/c18-11-4-1-2-5-12-22-13-6-3-8-15-9-7-10-16(14-15)20-17(19)21/h7,9-10,14H,1-2,4-6,11-13H2,(H3,19,20,21). The van der Waals surface area contributed by atoms with Crippen molar-refractivity contribution in [1.29, 1.82) is 0 Å². The van der Waals surface area contributed by atoms with E-state index in [0.717, 1.165) is 23.9 Å². The number of carbonyl (C=O) groups is 1. The quantitative estimate of drug-likeness (QED) is 0.395. The molecule has 0 radical (unpaired) electrons.